The molecular weight excluding hydrogens is 520 g/mol. The maximum absolute atomic E-state index is 13.8. The van der Waals surface area contributed by atoms with Crippen LogP contribution in [0.2, 0.25) is 0 Å². The van der Waals surface area contributed by atoms with E-state index in [-0.39, 0.29) is 22.6 Å². The number of rotatable bonds is 13. The Morgan fingerprint density at radius 3 is 2.59 bits per heavy atom. The molecule has 0 radical (unpaired) electrons. The molecular formula is C30H39F2N3O3S. The molecule has 39 heavy (non-hydrogen) atoms. The number of fused-ring (bicyclic) bond motifs is 1. The Kier molecular flexibility index (Phi) is 10.9. The van der Waals surface area contributed by atoms with Crippen molar-refractivity contribution in [1.82, 2.24) is 15.2 Å². The number of unbranched alkanes of at least 4 members (excludes halogenated alkanes) is 2. The second-order valence-electron chi connectivity index (χ2n) is 10.5. The predicted molar refractivity (Wildman–Crippen MR) is 152 cm³/mol. The Labute approximate surface area is 232 Å². The van der Waals surface area contributed by atoms with Crippen molar-refractivity contribution in [3.63, 3.8) is 0 Å². The van der Waals surface area contributed by atoms with Crippen LogP contribution in [0.5, 0.6) is 5.75 Å². The van der Waals surface area contributed by atoms with Gasteiger partial charge in [-0.2, -0.15) is 0 Å². The lowest BCUT2D eigenvalue weighted by Crippen LogP contribution is -2.42. The van der Waals surface area contributed by atoms with Crippen molar-refractivity contribution in [2.45, 2.75) is 83.1 Å². The van der Waals surface area contributed by atoms with Gasteiger partial charge in [0, 0.05) is 25.6 Å². The summed E-state index contributed by atoms with van der Waals surface area (Å²) >= 11 is 1.13. The molecule has 0 aliphatic heterocycles. The van der Waals surface area contributed by atoms with E-state index in [4.69, 9.17) is 0 Å². The third kappa shape index (κ3) is 8.35. The first-order chi connectivity index (χ1) is 18.9. The van der Waals surface area contributed by atoms with Crippen LogP contribution in [0.4, 0.5) is 8.78 Å². The highest BCUT2D eigenvalue weighted by molar-refractivity contribution is 7.16. The van der Waals surface area contributed by atoms with Crippen LogP contribution in [0.1, 0.15) is 75.3 Å². The number of carbonyl (C=O) groups excluding carboxylic acids is 1. The molecule has 0 atom stereocenters. The monoisotopic (exact) mass is 559 g/mol. The van der Waals surface area contributed by atoms with E-state index in [1.54, 1.807) is 6.07 Å². The predicted octanol–water partition coefficient (Wildman–Crippen LogP) is 6.06. The van der Waals surface area contributed by atoms with E-state index in [0.29, 0.717) is 37.0 Å². The van der Waals surface area contributed by atoms with E-state index in [0.717, 1.165) is 91.6 Å². The molecule has 1 aliphatic carbocycles. The van der Waals surface area contributed by atoms with E-state index in [1.807, 2.05) is 6.07 Å². The number of thiazole rings is 1. The minimum absolute atomic E-state index is 0.0975. The number of H-pyrrole nitrogens is 1. The zero-order chi connectivity index (χ0) is 27.6. The number of hydrogen-bond acceptors (Lipinski definition) is 5. The van der Waals surface area contributed by atoms with Crippen LogP contribution in [0.15, 0.2) is 35.1 Å². The SMILES string of the molecule is O=C(CCNCCc1cc(F)ccc1F)N(CCCCCc1ccc(O)c2[nH]c(=O)sc12)C1CCCCCC1. The van der Waals surface area contributed by atoms with Gasteiger partial charge in [0.15, 0.2) is 0 Å². The first-order valence-electron chi connectivity index (χ1n) is 14.2. The summed E-state index contributed by atoms with van der Waals surface area (Å²) in [4.78, 5) is 29.7. The Balaban J connectivity index is 1.24. The van der Waals surface area contributed by atoms with Gasteiger partial charge in [0.1, 0.15) is 22.9 Å². The second-order valence-corrected chi connectivity index (χ2v) is 11.5. The van der Waals surface area contributed by atoms with Gasteiger partial charge >= 0.3 is 4.87 Å². The van der Waals surface area contributed by atoms with Gasteiger partial charge in [-0.1, -0.05) is 49.5 Å². The molecule has 0 saturated heterocycles. The lowest BCUT2D eigenvalue weighted by atomic mass is 10.0. The number of aromatic nitrogens is 1. The fourth-order valence-electron chi connectivity index (χ4n) is 5.55. The zero-order valence-electron chi connectivity index (χ0n) is 22.4. The lowest BCUT2D eigenvalue weighted by Gasteiger charge is -2.31. The summed E-state index contributed by atoms with van der Waals surface area (Å²) in [6.07, 6.45) is 11.3. The quantitative estimate of drug-likeness (QED) is 0.176. The summed E-state index contributed by atoms with van der Waals surface area (Å²) in [6.45, 7) is 1.73. The van der Waals surface area contributed by atoms with Crippen LogP contribution in [0.25, 0.3) is 10.2 Å². The second kappa shape index (κ2) is 14.6. The average molecular weight is 560 g/mol. The molecule has 0 bridgehead atoms. The first kappa shape index (κ1) is 29.2. The highest BCUT2D eigenvalue weighted by Crippen LogP contribution is 2.29. The summed E-state index contributed by atoms with van der Waals surface area (Å²) in [7, 11) is 0. The largest absolute Gasteiger partial charge is 0.506 e. The van der Waals surface area contributed by atoms with Crippen LogP contribution >= 0.6 is 11.3 Å². The fourth-order valence-corrected chi connectivity index (χ4v) is 6.44. The molecule has 4 rings (SSSR count). The number of benzene rings is 2. The molecule has 1 amide bonds. The summed E-state index contributed by atoms with van der Waals surface area (Å²) < 4.78 is 28.0. The number of aromatic amines is 1. The maximum atomic E-state index is 13.8. The number of carbonyl (C=O) groups is 1. The van der Waals surface area contributed by atoms with Gasteiger partial charge in [-0.05, 0) is 80.5 Å². The zero-order valence-corrected chi connectivity index (χ0v) is 23.3. The number of halogens is 2. The Hall–Kier alpha value is -2.78. The van der Waals surface area contributed by atoms with Crippen molar-refractivity contribution in [1.29, 1.82) is 0 Å². The van der Waals surface area contributed by atoms with Crippen LogP contribution < -0.4 is 10.2 Å². The van der Waals surface area contributed by atoms with Gasteiger partial charge in [0.05, 0.1) is 4.70 Å². The van der Waals surface area contributed by atoms with Crippen LogP contribution in [0.3, 0.4) is 0 Å². The average Bonchev–Trinajstić information content (AvgIpc) is 3.13. The number of nitrogens with zero attached hydrogens (tertiary/aromatic N) is 1. The summed E-state index contributed by atoms with van der Waals surface area (Å²) in [6, 6.07) is 7.29. The van der Waals surface area contributed by atoms with E-state index in [9.17, 15) is 23.5 Å². The number of amides is 1. The normalized spacial score (nSPS) is 14.5. The smallest absolute Gasteiger partial charge is 0.305 e. The molecule has 2 aromatic carbocycles. The minimum atomic E-state index is -0.446. The van der Waals surface area contributed by atoms with Crippen molar-refractivity contribution >= 4 is 27.5 Å². The first-order valence-corrected chi connectivity index (χ1v) is 15.0. The van der Waals surface area contributed by atoms with Crippen molar-refractivity contribution in [2.75, 3.05) is 19.6 Å². The minimum Gasteiger partial charge on any atom is -0.506 e. The molecule has 1 fully saturated rings. The summed E-state index contributed by atoms with van der Waals surface area (Å²) in [5.74, 6) is -0.602. The van der Waals surface area contributed by atoms with Crippen molar-refractivity contribution in [2.24, 2.45) is 0 Å². The van der Waals surface area contributed by atoms with E-state index in [2.05, 4.69) is 15.2 Å². The van der Waals surface area contributed by atoms with Crippen molar-refractivity contribution < 1.29 is 18.7 Å². The van der Waals surface area contributed by atoms with Crippen molar-refractivity contribution in [3.05, 3.63) is 62.8 Å². The molecule has 9 heteroatoms. The molecule has 3 aromatic rings. The molecule has 1 saturated carbocycles. The van der Waals surface area contributed by atoms with Crippen molar-refractivity contribution in [3.8, 4) is 5.75 Å². The molecule has 1 aliphatic rings. The summed E-state index contributed by atoms with van der Waals surface area (Å²) in [5, 5.41) is 13.2. The third-order valence-corrected chi connectivity index (χ3v) is 8.62. The molecule has 1 heterocycles. The van der Waals surface area contributed by atoms with Gasteiger partial charge in [-0.15, -0.1) is 0 Å². The molecule has 1 aromatic heterocycles. The van der Waals surface area contributed by atoms with E-state index in [1.165, 1.54) is 18.9 Å². The Morgan fingerprint density at radius 1 is 1.00 bits per heavy atom. The van der Waals surface area contributed by atoms with Gasteiger partial charge in [-0.3, -0.25) is 9.59 Å². The topological polar surface area (TPSA) is 85.4 Å². The highest BCUT2D eigenvalue weighted by Gasteiger charge is 2.24. The van der Waals surface area contributed by atoms with E-state index >= 15 is 0 Å². The van der Waals surface area contributed by atoms with Crippen LogP contribution in [0, 0.1) is 11.6 Å². The van der Waals surface area contributed by atoms with Crippen LogP contribution in [-0.4, -0.2) is 46.6 Å². The standard InChI is InChI=1S/C30H39F2N3O3S/c31-23-12-13-25(32)22(20-23)15-17-33-18-16-27(37)35(24-9-5-1-2-6-10-24)19-7-3-4-8-21-11-14-26(36)28-29(21)39-30(38)34-28/h11-14,20,24,33,36H,1-10,15-19H2,(H,34,38). The molecule has 0 spiro atoms. The summed E-state index contributed by atoms with van der Waals surface area (Å²) in [5.41, 5.74) is 1.92. The molecule has 3 N–H and O–H groups in total. The number of phenols is 1. The number of aromatic hydroxyl groups is 1. The van der Waals surface area contributed by atoms with Gasteiger partial charge in [0.2, 0.25) is 5.91 Å². The fraction of sp³-hybridized carbons (Fsp3) is 0.533. The highest BCUT2D eigenvalue weighted by atomic mass is 32.1. The lowest BCUT2D eigenvalue weighted by molar-refractivity contribution is -0.133. The Morgan fingerprint density at radius 2 is 1.79 bits per heavy atom. The number of aryl methyl sites for hydroxylation is 1. The van der Waals surface area contributed by atoms with Gasteiger partial charge in [0.25, 0.3) is 0 Å². The maximum Gasteiger partial charge on any atom is 0.305 e. The number of phenolic OH excluding ortho intramolecular Hbond substituents is 1. The van der Waals surface area contributed by atoms with E-state index < -0.39 is 11.6 Å². The Bertz CT molecular complexity index is 1280. The number of nitrogens with one attached hydrogen (secondary N) is 2. The molecule has 6 nitrogen and oxygen atoms in total. The third-order valence-electron chi connectivity index (χ3n) is 7.66. The van der Waals surface area contributed by atoms with Gasteiger partial charge in [-0.25, -0.2) is 8.78 Å². The molecule has 0 unspecified atom stereocenters. The van der Waals surface area contributed by atoms with Gasteiger partial charge < -0.3 is 20.3 Å². The number of hydrogen-bond donors (Lipinski definition) is 3. The molecule has 212 valence electrons. The van der Waals surface area contributed by atoms with Crippen LogP contribution in [-0.2, 0) is 17.6 Å².